The molecule has 0 aromatic rings. The molecule has 0 aliphatic rings. The number of hydrogen-bond donors (Lipinski definition) is 2. The summed E-state index contributed by atoms with van der Waals surface area (Å²) in [6, 6.07) is 0. The number of hydrogen-bond acceptors (Lipinski definition) is 3. The van der Waals surface area contributed by atoms with Crippen molar-refractivity contribution in [1.29, 1.82) is 0 Å². The van der Waals surface area contributed by atoms with Gasteiger partial charge in [-0.2, -0.15) is 5.26 Å². The molecule has 0 aromatic heterocycles. The van der Waals surface area contributed by atoms with Crippen LogP contribution >= 0.6 is 0 Å². The smallest absolute Gasteiger partial charge is 0.448 e. The van der Waals surface area contributed by atoms with Gasteiger partial charge in [0.2, 0.25) is 0 Å². The minimum absolute atomic E-state index is 0. The summed E-state index contributed by atoms with van der Waals surface area (Å²) in [5.41, 5.74) is 0. The van der Waals surface area contributed by atoms with E-state index < -0.39 is 6.16 Å². The highest BCUT2D eigenvalue weighted by Gasteiger charge is 1.84. The van der Waals surface area contributed by atoms with Crippen LogP contribution in [0.5, 0.6) is 0 Å². The SMILES string of the molecule is O.O.O.O.O.O=C(O)OO. The summed E-state index contributed by atoms with van der Waals surface area (Å²) in [6.07, 6.45) is -1.69. The topological polar surface area (TPSA) is 224 Å². The lowest BCUT2D eigenvalue weighted by molar-refractivity contribution is -0.194. The Bertz CT molecular complexity index is 40.0. The fourth-order valence-electron chi connectivity index (χ4n) is 0. The Morgan fingerprint density at radius 2 is 1.10 bits per heavy atom. The van der Waals surface area contributed by atoms with Gasteiger partial charge >= 0.3 is 6.16 Å². The molecule has 0 atom stereocenters. The van der Waals surface area contributed by atoms with E-state index in [9.17, 15) is 0 Å². The van der Waals surface area contributed by atoms with Crippen LogP contribution in [0.2, 0.25) is 0 Å². The molecule has 0 spiro atoms. The molecular weight excluding hydrogens is 156 g/mol. The summed E-state index contributed by atoms with van der Waals surface area (Å²) in [6.45, 7) is 0. The van der Waals surface area contributed by atoms with E-state index in [1.54, 1.807) is 0 Å². The van der Waals surface area contributed by atoms with E-state index in [1.807, 2.05) is 0 Å². The lowest BCUT2D eigenvalue weighted by Gasteiger charge is -1.75. The first-order valence-electron chi connectivity index (χ1n) is 0.814. The quantitative estimate of drug-likeness (QED) is 0.272. The monoisotopic (exact) mass is 168 g/mol. The summed E-state index contributed by atoms with van der Waals surface area (Å²) in [7, 11) is 0. The zero-order chi connectivity index (χ0) is 4.28. The van der Waals surface area contributed by atoms with Gasteiger partial charge in [-0.1, -0.05) is 0 Å². The average Bonchev–Trinajstić information content (AvgIpc) is 1.38. The molecule has 12 N–H and O–H groups in total. The van der Waals surface area contributed by atoms with Crippen LogP contribution in [0.15, 0.2) is 0 Å². The van der Waals surface area contributed by atoms with Crippen molar-refractivity contribution in [3.63, 3.8) is 0 Å². The van der Waals surface area contributed by atoms with E-state index in [0.29, 0.717) is 0 Å². The molecule has 0 aliphatic heterocycles. The van der Waals surface area contributed by atoms with Crippen LogP contribution in [-0.2, 0) is 4.89 Å². The van der Waals surface area contributed by atoms with Crippen molar-refractivity contribution >= 4 is 6.16 Å². The van der Waals surface area contributed by atoms with Crippen molar-refractivity contribution in [3.05, 3.63) is 0 Å². The predicted molar refractivity (Wildman–Crippen MR) is 29.8 cm³/mol. The fraction of sp³-hybridized carbons (Fsp3) is 0. The summed E-state index contributed by atoms with van der Waals surface area (Å²) >= 11 is 0. The first-order valence-corrected chi connectivity index (χ1v) is 0.814. The molecule has 0 heterocycles. The van der Waals surface area contributed by atoms with Crippen molar-refractivity contribution < 1.29 is 47.4 Å². The zero-order valence-corrected chi connectivity index (χ0v) is 4.71. The van der Waals surface area contributed by atoms with Gasteiger partial charge in [-0.25, -0.2) is 4.79 Å². The second-order valence-electron chi connectivity index (χ2n) is 0.357. The summed E-state index contributed by atoms with van der Waals surface area (Å²) in [5, 5.41) is 14.3. The Kier molecular flexibility index (Phi) is 274. The van der Waals surface area contributed by atoms with E-state index in [2.05, 4.69) is 4.89 Å². The van der Waals surface area contributed by atoms with Gasteiger partial charge in [-0.05, 0) is 0 Å². The van der Waals surface area contributed by atoms with Crippen molar-refractivity contribution in [3.8, 4) is 0 Å². The van der Waals surface area contributed by atoms with E-state index in [-0.39, 0.29) is 27.4 Å². The molecule has 0 saturated heterocycles. The Balaban J connectivity index is -0.00000000800. The largest absolute Gasteiger partial charge is 0.537 e. The van der Waals surface area contributed by atoms with Crippen molar-refractivity contribution in [2.75, 3.05) is 0 Å². The maximum Gasteiger partial charge on any atom is 0.537 e. The molecule has 0 rings (SSSR count). The first kappa shape index (κ1) is 63.4. The van der Waals surface area contributed by atoms with Crippen LogP contribution in [0, 0.1) is 0 Å². The van der Waals surface area contributed by atoms with E-state index >= 15 is 0 Å². The number of carboxylic acid groups (broad SMARTS) is 1. The second kappa shape index (κ2) is 43.2. The number of rotatable bonds is 0. The fourth-order valence-corrected chi connectivity index (χ4v) is 0. The van der Waals surface area contributed by atoms with Gasteiger partial charge in [0.15, 0.2) is 0 Å². The Labute approximate surface area is 54.9 Å². The van der Waals surface area contributed by atoms with Gasteiger partial charge in [0.05, 0.1) is 0 Å². The molecular formula is CH12O9. The molecule has 0 amide bonds. The van der Waals surface area contributed by atoms with Gasteiger partial charge in [0.25, 0.3) is 0 Å². The standard InChI is InChI=1S/CH2O4.5H2O/c2-1(3)5-4;;;;;/h4H,(H,2,3);5*1H2. The lowest BCUT2D eigenvalue weighted by atomic mass is 11.5. The van der Waals surface area contributed by atoms with Crippen LogP contribution in [0.1, 0.15) is 0 Å². The third-order valence-electron chi connectivity index (χ3n) is 0.0781. The Hall–Kier alpha value is -0.970. The maximum absolute atomic E-state index is 8.90. The molecule has 0 fully saturated rings. The molecule has 0 aliphatic carbocycles. The average molecular weight is 168 g/mol. The molecule has 0 unspecified atom stereocenters. The van der Waals surface area contributed by atoms with E-state index in [0.717, 1.165) is 0 Å². The predicted octanol–water partition coefficient (Wildman–Crippen LogP) is -3.97. The van der Waals surface area contributed by atoms with Gasteiger partial charge in [0, 0.05) is 0 Å². The van der Waals surface area contributed by atoms with Crippen LogP contribution in [0.4, 0.5) is 4.79 Å². The highest BCUT2D eigenvalue weighted by atomic mass is 17.1. The number of carbonyl (C=O) groups is 1. The first-order chi connectivity index (χ1) is 2.27. The molecule has 0 bridgehead atoms. The van der Waals surface area contributed by atoms with E-state index in [4.69, 9.17) is 15.2 Å². The molecule has 70 valence electrons. The minimum Gasteiger partial charge on any atom is -0.448 e. The van der Waals surface area contributed by atoms with E-state index in [1.165, 1.54) is 0 Å². The second-order valence-corrected chi connectivity index (χ2v) is 0.357. The van der Waals surface area contributed by atoms with Crippen molar-refractivity contribution in [1.82, 2.24) is 0 Å². The van der Waals surface area contributed by atoms with Gasteiger partial charge in [-0.15, -0.1) is 0 Å². The van der Waals surface area contributed by atoms with Gasteiger partial charge in [-0.3, -0.25) is 4.89 Å². The third-order valence-corrected chi connectivity index (χ3v) is 0.0781. The molecule has 9 nitrogen and oxygen atoms in total. The summed E-state index contributed by atoms with van der Waals surface area (Å²) in [5.74, 6) is 0. The zero-order valence-electron chi connectivity index (χ0n) is 4.71. The van der Waals surface area contributed by atoms with Crippen molar-refractivity contribution in [2.24, 2.45) is 0 Å². The third kappa shape index (κ3) is 241. The molecule has 0 aromatic carbocycles. The van der Waals surface area contributed by atoms with Crippen LogP contribution < -0.4 is 0 Å². The summed E-state index contributed by atoms with van der Waals surface area (Å²) in [4.78, 5) is 11.6. The molecule has 9 heteroatoms. The molecule has 0 radical (unpaired) electrons. The molecule has 10 heavy (non-hydrogen) atoms. The van der Waals surface area contributed by atoms with Crippen LogP contribution in [-0.4, -0.2) is 43.9 Å². The highest BCUT2D eigenvalue weighted by molar-refractivity contribution is 5.55. The normalized spacial score (nSPS) is 3.30. The van der Waals surface area contributed by atoms with Gasteiger partial charge < -0.3 is 32.5 Å². The Morgan fingerprint density at radius 3 is 1.10 bits per heavy atom. The maximum atomic E-state index is 8.90. The lowest BCUT2D eigenvalue weighted by Crippen LogP contribution is -1.91. The minimum atomic E-state index is -1.69. The van der Waals surface area contributed by atoms with Crippen molar-refractivity contribution in [2.45, 2.75) is 0 Å². The van der Waals surface area contributed by atoms with Crippen LogP contribution in [0.3, 0.4) is 0 Å². The Morgan fingerprint density at radius 1 is 1.00 bits per heavy atom. The highest BCUT2D eigenvalue weighted by Crippen LogP contribution is 1.59. The van der Waals surface area contributed by atoms with Gasteiger partial charge in [0.1, 0.15) is 0 Å². The van der Waals surface area contributed by atoms with Crippen LogP contribution in [0.25, 0.3) is 0 Å². The molecule has 0 saturated carbocycles. The summed E-state index contributed by atoms with van der Waals surface area (Å²) < 4.78 is 0.